The molecule has 9 atom stereocenters. The Labute approximate surface area is 355 Å². The van der Waals surface area contributed by atoms with Gasteiger partial charge in [-0.3, -0.25) is 4.79 Å². The Balaban J connectivity index is 0.00000436. The second-order valence-corrected chi connectivity index (χ2v) is 22.1. The molecular weight excluding hydrogens is 811 g/mol. The van der Waals surface area contributed by atoms with Crippen LogP contribution in [0.3, 0.4) is 0 Å². The van der Waals surface area contributed by atoms with Gasteiger partial charge in [0.2, 0.25) is 0 Å². The summed E-state index contributed by atoms with van der Waals surface area (Å²) in [7, 11) is -1.77. The van der Waals surface area contributed by atoms with E-state index in [0.717, 1.165) is 43.3 Å². The fourth-order valence-corrected chi connectivity index (χ4v) is 17.0. The second-order valence-electron chi connectivity index (χ2n) is 18.5. The molecule has 3 saturated heterocycles. The van der Waals surface area contributed by atoms with E-state index in [2.05, 4.69) is 112 Å². The summed E-state index contributed by atoms with van der Waals surface area (Å²) in [5.41, 5.74) is -0.0724. The third-order valence-corrected chi connectivity index (χ3v) is 20.1. The zero-order valence-electron chi connectivity index (χ0n) is 34.2. The van der Waals surface area contributed by atoms with Crippen LogP contribution in [-0.2, 0) is 33.3 Å². The van der Waals surface area contributed by atoms with Crippen LogP contribution in [0.5, 0.6) is 0 Å². The molecule has 3 aliphatic carbocycles. The van der Waals surface area contributed by atoms with Crippen LogP contribution in [0.25, 0.3) is 0 Å². The van der Waals surface area contributed by atoms with Crippen LogP contribution in [0.2, 0.25) is 0 Å². The van der Waals surface area contributed by atoms with Crippen molar-refractivity contribution >= 4 is 35.1 Å². The Kier molecular flexibility index (Phi) is 10.7. The lowest BCUT2D eigenvalue weighted by molar-refractivity contribution is -0.169. The number of hydrogen-bond donors (Lipinski definition) is 0. The average molecular weight is 870 g/mol. The molecule has 3 aromatic rings. The van der Waals surface area contributed by atoms with Crippen molar-refractivity contribution in [2.45, 2.75) is 139 Å². The average Bonchev–Trinajstić information content (AvgIpc) is 4.17. The minimum absolute atomic E-state index is 0. The first-order valence-corrected chi connectivity index (χ1v) is 23.9. The smallest absolute Gasteiger partial charge is 0.334 e. The van der Waals surface area contributed by atoms with Gasteiger partial charge in [0.15, 0.2) is 11.7 Å². The van der Waals surface area contributed by atoms with Gasteiger partial charge in [0.05, 0.1) is 12.3 Å². The molecule has 308 valence electrons. The van der Waals surface area contributed by atoms with E-state index in [4.69, 9.17) is 23.7 Å². The van der Waals surface area contributed by atoms with Crippen LogP contribution in [0.1, 0.15) is 97.8 Å². The summed E-state index contributed by atoms with van der Waals surface area (Å²) < 4.78 is 32.4. The summed E-state index contributed by atoms with van der Waals surface area (Å²) >= 11 is 0. The van der Waals surface area contributed by atoms with Crippen molar-refractivity contribution < 1.29 is 50.3 Å². The van der Waals surface area contributed by atoms with Crippen molar-refractivity contribution in [2.75, 3.05) is 12.8 Å². The predicted molar refractivity (Wildman–Crippen MR) is 223 cm³/mol. The molecular formula is C49H58BrO7P. The number of carbonyl (C=O) groups excluding carboxylic acids is 2. The molecule has 2 spiro atoms. The Morgan fingerprint density at radius 1 is 0.776 bits per heavy atom. The lowest BCUT2D eigenvalue weighted by Crippen LogP contribution is -3.00. The molecule has 0 amide bonds. The highest BCUT2D eigenvalue weighted by atomic mass is 79.9. The van der Waals surface area contributed by atoms with Crippen LogP contribution in [0.15, 0.2) is 102 Å². The van der Waals surface area contributed by atoms with E-state index >= 15 is 0 Å². The Hall–Kier alpha value is -2.87. The van der Waals surface area contributed by atoms with Gasteiger partial charge in [-0.2, -0.15) is 0 Å². The SMILES string of the molecule is CC(C)[C@]12O[C@H]1[C@@H]1O[C@]13[C@]1(O[C@H]1C[C@H]1C4=C(CC[C@@]13C)C(=O)OC4)[C@@H]2OC(=O)CCCCCCCCCC[P+](c1ccccc1)(c1ccccc1)c1ccccc1.[Br-]. The number of cyclic esters (lactones) is 1. The molecule has 5 fully saturated rings. The summed E-state index contributed by atoms with van der Waals surface area (Å²) in [5.74, 6) is 0.0101. The number of carbonyl (C=O) groups is 2. The van der Waals surface area contributed by atoms with Crippen molar-refractivity contribution in [1.82, 2.24) is 0 Å². The summed E-state index contributed by atoms with van der Waals surface area (Å²) in [6, 6.07) is 33.6. The number of halogens is 1. The summed E-state index contributed by atoms with van der Waals surface area (Å²) in [5, 5.41) is 4.38. The van der Waals surface area contributed by atoms with E-state index in [1.165, 1.54) is 54.2 Å². The lowest BCUT2D eigenvalue weighted by Gasteiger charge is -2.53. The van der Waals surface area contributed by atoms with E-state index in [-0.39, 0.29) is 64.5 Å². The molecule has 4 aliphatic heterocycles. The fourth-order valence-electron chi connectivity index (χ4n) is 12.6. The maximum atomic E-state index is 13.7. The zero-order valence-corrected chi connectivity index (χ0v) is 36.7. The summed E-state index contributed by atoms with van der Waals surface area (Å²) in [6.45, 7) is 7.04. The second kappa shape index (κ2) is 15.2. The zero-order chi connectivity index (χ0) is 39.0. The number of ether oxygens (including phenoxy) is 5. The molecule has 4 heterocycles. The predicted octanol–water partition coefficient (Wildman–Crippen LogP) is 5.16. The maximum Gasteiger partial charge on any atom is 0.334 e. The number of esters is 2. The Morgan fingerprint density at radius 2 is 1.34 bits per heavy atom. The molecule has 7 nitrogen and oxygen atoms in total. The third kappa shape index (κ3) is 5.85. The van der Waals surface area contributed by atoms with Gasteiger partial charge < -0.3 is 40.7 Å². The number of benzene rings is 3. The van der Waals surface area contributed by atoms with Gasteiger partial charge >= 0.3 is 11.9 Å². The molecule has 7 aliphatic rings. The quantitative estimate of drug-likeness (QED) is 0.0851. The molecule has 0 aromatic heterocycles. The highest BCUT2D eigenvalue weighted by Crippen LogP contribution is 2.83. The lowest BCUT2D eigenvalue weighted by atomic mass is 9.46. The number of epoxide rings is 3. The molecule has 9 heteroatoms. The first-order chi connectivity index (χ1) is 27.7. The van der Waals surface area contributed by atoms with Gasteiger partial charge in [-0.15, -0.1) is 0 Å². The minimum Gasteiger partial charge on any atom is -1.00 e. The van der Waals surface area contributed by atoms with Gasteiger partial charge in [0.1, 0.15) is 53.2 Å². The van der Waals surface area contributed by atoms with Crippen LogP contribution in [-0.4, -0.2) is 65.9 Å². The van der Waals surface area contributed by atoms with Gasteiger partial charge in [0.25, 0.3) is 0 Å². The van der Waals surface area contributed by atoms with E-state index in [0.29, 0.717) is 19.4 Å². The first-order valence-electron chi connectivity index (χ1n) is 21.9. The Bertz CT molecular complexity index is 1950. The van der Waals surface area contributed by atoms with E-state index < -0.39 is 30.2 Å². The summed E-state index contributed by atoms with van der Waals surface area (Å²) in [4.78, 5) is 26.2. The highest BCUT2D eigenvalue weighted by molar-refractivity contribution is 7.95. The molecule has 0 unspecified atom stereocenters. The number of unbranched alkanes of at least 4 members (excludes halogenated alkanes) is 7. The van der Waals surface area contributed by atoms with E-state index in [9.17, 15) is 9.59 Å². The van der Waals surface area contributed by atoms with Crippen molar-refractivity contribution in [2.24, 2.45) is 17.3 Å². The molecule has 2 saturated carbocycles. The standard InChI is InChI=1S/C49H58O7P.BrH/c1-33(2)47-42(55-47)43-49(56-43)46(3)29-28-37-38(32-52-44(37)51)39(46)31-40-48(49,54-40)45(47)53-41(50)27-19-8-6-4-5-7-9-20-30-57(34-21-13-10-14-22-34,35-23-15-11-16-24-35)36-25-17-12-18-26-36;/h10-18,21-26,33,39-40,42-43,45H,4-9,19-20,27-32H2,1-3H3;1H/q+1;/p-1/t39-,40-,42-,43-,45+,46-,47-,48+,49+;/m0./s1. The van der Waals surface area contributed by atoms with Crippen molar-refractivity contribution in [3.63, 3.8) is 0 Å². The van der Waals surface area contributed by atoms with E-state index in [1.807, 2.05) is 0 Å². The number of hydrogen-bond acceptors (Lipinski definition) is 7. The molecule has 10 rings (SSSR count). The van der Waals surface area contributed by atoms with Gasteiger partial charge in [-0.1, -0.05) is 107 Å². The highest BCUT2D eigenvalue weighted by Gasteiger charge is 3.01. The van der Waals surface area contributed by atoms with Crippen LogP contribution in [0, 0.1) is 17.3 Å². The fraction of sp³-hybridized carbons (Fsp3) is 0.551. The van der Waals surface area contributed by atoms with E-state index in [1.54, 1.807) is 0 Å². The van der Waals surface area contributed by atoms with Crippen LogP contribution in [0.4, 0.5) is 0 Å². The minimum atomic E-state index is -1.77. The molecule has 0 N–H and O–H groups in total. The number of fused-ring (bicyclic) bond motifs is 4. The molecule has 0 bridgehead atoms. The monoisotopic (exact) mass is 868 g/mol. The van der Waals surface area contributed by atoms with Gasteiger partial charge in [-0.25, -0.2) is 4.79 Å². The molecule has 3 aromatic carbocycles. The largest absolute Gasteiger partial charge is 1.00 e. The molecule has 58 heavy (non-hydrogen) atoms. The van der Waals surface area contributed by atoms with Crippen molar-refractivity contribution in [3.8, 4) is 0 Å². The molecule has 0 radical (unpaired) electrons. The number of rotatable bonds is 16. The van der Waals surface area contributed by atoms with Crippen LogP contribution >= 0.6 is 7.26 Å². The first kappa shape index (κ1) is 40.5. The van der Waals surface area contributed by atoms with Gasteiger partial charge in [-0.05, 0) is 92.3 Å². The van der Waals surface area contributed by atoms with Gasteiger partial charge in [0, 0.05) is 17.4 Å². The van der Waals surface area contributed by atoms with Crippen molar-refractivity contribution in [3.05, 3.63) is 102 Å². The van der Waals surface area contributed by atoms with Crippen molar-refractivity contribution in [1.29, 1.82) is 0 Å². The maximum absolute atomic E-state index is 13.7. The topological polar surface area (TPSA) is 90.2 Å². The Morgan fingerprint density at radius 3 is 1.93 bits per heavy atom. The normalized spacial score (nSPS) is 34.6. The van der Waals surface area contributed by atoms with Crippen LogP contribution < -0.4 is 32.9 Å². The summed E-state index contributed by atoms with van der Waals surface area (Å²) in [6.07, 6.45) is 12.2. The third-order valence-electron chi connectivity index (χ3n) is 15.5.